The molecule has 1 fully saturated rings. The van der Waals surface area contributed by atoms with Gasteiger partial charge in [0, 0.05) is 13.1 Å². The summed E-state index contributed by atoms with van der Waals surface area (Å²) in [4.78, 5) is 27.8. The Kier molecular flexibility index (Phi) is 7.54. The lowest BCUT2D eigenvalue weighted by atomic mass is 10.0. The topological polar surface area (TPSA) is 70.1 Å². The van der Waals surface area contributed by atoms with Gasteiger partial charge in [0.05, 0.1) is 19.8 Å². The van der Waals surface area contributed by atoms with Gasteiger partial charge in [-0.05, 0) is 32.7 Å². The van der Waals surface area contributed by atoms with E-state index in [9.17, 15) is 9.59 Å². The van der Waals surface area contributed by atoms with E-state index in [-0.39, 0.29) is 25.0 Å². The van der Waals surface area contributed by atoms with E-state index < -0.39 is 6.04 Å². The highest BCUT2D eigenvalue weighted by Crippen LogP contribution is 2.18. The SMILES string of the molecule is CCOC(=O)C1CCCCN1C(=O)CN(CC)CCO. The van der Waals surface area contributed by atoms with Gasteiger partial charge in [-0.1, -0.05) is 6.92 Å². The van der Waals surface area contributed by atoms with E-state index in [2.05, 4.69) is 0 Å². The number of hydrogen-bond donors (Lipinski definition) is 1. The quantitative estimate of drug-likeness (QED) is 0.679. The maximum Gasteiger partial charge on any atom is 0.328 e. The first-order valence-electron chi connectivity index (χ1n) is 7.43. The van der Waals surface area contributed by atoms with Gasteiger partial charge in [0.2, 0.25) is 5.91 Å². The van der Waals surface area contributed by atoms with Crippen molar-refractivity contribution in [3.05, 3.63) is 0 Å². The smallest absolute Gasteiger partial charge is 0.328 e. The molecule has 1 atom stereocenters. The van der Waals surface area contributed by atoms with Gasteiger partial charge in [0.1, 0.15) is 6.04 Å². The van der Waals surface area contributed by atoms with Crippen molar-refractivity contribution < 1.29 is 19.4 Å². The van der Waals surface area contributed by atoms with Crippen LogP contribution in [0.25, 0.3) is 0 Å². The molecule has 0 aromatic heterocycles. The molecular formula is C14H26N2O4. The number of aliphatic hydroxyl groups is 1. The molecule has 1 unspecified atom stereocenters. The average molecular weight is 286 g/mol. The molecule has 1 heterocycles. The number of likely N-dealkylation sites (N-methyl/N-ethyl adjacent to an activating group) is 1. The molecule has 1 saturated heterocycles. The molecule has 6 heteroatoms. The summed E-state index contributed by atoms with van der Waals surface area (Å²) in [6.45, 7) is 6.11. The third-order valence-corrected chi connectivity index (χ3v) is 3.60. The van der Waals surface area contributed by atoms with E-state index in [0.29, 0.717) is 32.7 Å². The molecule has 0 radical (unpaired) electrons. The van der Waals surface area contributed by atoms with Gasteiger partial charge < -0.3 is 14.7 Å². The highest BCUT2D eigenvalue weighted by atomic mass is 16.5. The van der Waals surface area contributed by atoms with Crippen LogP contribution in [0, 0.1) is 0 Å². The molecule has 1 aliphatic heterocycles. The van der Waals surface area contributed by atoms with E-state index in [0.717, 1.165) is 12.8 Å². The number of esters is 1. The predicted octanol–water partition coefficient (Wildman–Crippen LogP) is 0.245. The molecule has 0 spiro atoms. The minimum atomic E-state index is -0.441. The van der Waals surface area contributed by atoms with Crippen LogP contribution in [0.5, 0.6) is 0 Å². The Morgan fingerprint density at radius 2 is 2.10 bits per heavy atom. The van der Waals surface area contributed by atoms with Gasteiger partial charge in [0.15, 0.2) is 0 Å². The summed E-state index contributed by atoms with van der Waals surface area (Å²) in [6, 6.07) is -0.441. The van der Waals surface area contributed by atoms with Crippen LogP contribution >= 0.6 is 0 Å². The van der Waals surface area contributed by atoms with E-state index in [1.807, 2.05) is 11.8 Å². The summed E-state index contributed by atoms with van der Waals surface area (Å²) < 4.78 is 5.05. The lowest BCUT2D eigenvalue weighted by Crippen LogP contribution is -2.51. The monoisotopic (exact) mass is 286 g/mol. The fourth-order valence-electron chi connectivity index (χ4n) is 2.49. The summed E-state index contributed by atoms with van der Waals surface area (Å²) in [5.74, 6) is -0.358. The Balaban J connectivity index is 2.64. The van der Waals surface area contributed by atoms with Gasteiger partial charge in [0.25, 0.3) is 0 Å². The van der Waals surface area contributed by atoms with Crippen LogP contribution in [0.3, 0.4) is 0 Å². The minimum absolute atomic E-state index is 0.0302. The highest BCUT2D eigenvalue weighted by Gasteiger charge is 2.33. The van der Waals surface area contributed by atoms with Crippen LogP contribution < -0.4 is 0 Å². The Bertz CT molecular complexity index is 322. The molecule has 116 valence electrons. The molecule has 1 aliphatic rings. The van der Waals surface area contributed by atoms with Crippen LogP contribution in [0.2, 0.25) is 0 Å². The standard InChI is InChI=1S/C14H26N2O4/c1-3-15(9-10-17)11-13(18)16-8-6-5-7-12(16)14(19)20-4-2/h12,17H,3-11H2,1-2H3. The maximum absolute atomic E-state index is 12.4. The van der Waals surface area contributed by atoms with Crippen molar-refractivity contribution in [2.24, 2.45) is 0 Å². The van der Waals surface area contributed by atoms with Crippen LogP contribution in [0.15, 0.2) is 0 Å². The van der Waals surface area contributed by atoms with Gasteiger partial charge in [-0.2, -0.15) is 0 Å². The second kappa shape index (κ2) is 8.92. The number of piperidine rings is 1. The van der Waals surface area contributed by atoms with Crippen molar-refractivity contribution in [3.8, 4) is 0 Å². The molecule has 0 aromatic carbocycles. The summed E-state index contributed by atoms with van der Waals surface area (Å²) in [5.41, 5.74) is 0. The first-order valence-corrected chi connectivity index (χ1v) is 7.43. The number of likely N-dealkylation sites (tertiary alicyclic amines) is 1. The number of aliphatic hydroxyl groups excluding tert-OH is 1. The first-order chi connectivity index (χ1) is 9.63. The molecule has 0 bridgehead atoms. The van der Waals surface area contributed by atoms with E-state index in [1.54, 1.807) is 11.8 Å². The van der Waals surface area contributed by atoms with Crippen LogP contribution in [-0.2, 0) is 14.3 Å². The number of hydrogen-bond acceptors (Lipinski definition) is 5. The van der Waals surface area contributed by atoms with Gasteiger partial charge in [-0.3, -0.25) is 9.69 Å². The molecular weight excluding hydrogens is 260 g/mol. The molecule has 0 aliphatic carbocycles. The van der Waals surface area contributed by atoms with Crippen molar-refractivity contribution >= 4 is 11.9 Å². The fraction of sp³-hybridized carbons (Fsp3) is 0.857. The lowest BCUT2D eigenvalue weighted by molar-refractivity contribution is -0.157. The first kappa shape index (κ1) is 16.9. The van der Waals surface area contributed by atoms with E-state index >= 15 is 0 Å². The number of amides is 1. The minimum Gasteiger partial charge on any atom is -0.464 e. The molecule has 0 saturated carbocycles. The number of carbonyl (C=O) groups is 2. The number of nitrogens with zero attached hydrogens (tertiary/aromatic N) is 2. The summed E-state index contributed by atoms with van der Waals surface area (Å²) in [5, 5.41) is 8.96. The summed E-state index contributed by atoms with van der Waals surface area (Å²) >= 11 is 0. The third kappa shape index (κ3) is 4.76. The zero-order chi connectivity index (χ0) is 15.0. The number of rotatable bonds is 7. The molecule has 20 heavy (non-hydrogen) atoms. The van der Waals surface area contributed by atoms with E-state index in [4.69, 9.17) is 9.84 Å². The largest absolute Gasteiger partial charge is 0.464 e. The molecule has 0 aromatic rings. The third-order valence-electron chi connectivity index (χ3n) is 3.60. The van der Waals surface area contributed by atoms with Crippen LogP contribution in [-0.4, -0.2) is 72.2 Å². The second-order valence-electron chi connectivity index (χ2n) is 4.94. The highest BCUT2D eigenvalue weighted by molar-refractivity contribution is 5.85. The molecule has 1 rings (SSSR count). The Morgan fingerprint density at radius 1 is 1.35 bits per heavy atom. The summed E-state index contributed by atoms with van der Waals surface area (Å²) in [6.07, 6.45) is 2.55. The zero-order valence-electron chi connectivity index (χ0n) is 12.5. The Hall–Kier alpha value is -1.14. The second-order valence-corrected chi connectivity index (χ2v) is 4.94. The summed E-state index contributed by atoms with van der Waals surface area (Å²) in [7, 11) is 0. The maximum atomic E-state index is 12.4. The van der Waals surface area contributed by atoms with Crippen molar-refractivity contribution in [2.75, 3.05) is 39.4 Å². The Morgan fingerprint density at radius 3 is 2.70 bits per heavy atom. The van der Waals surface area contributed by atoms with Crippen molar-refractivity contribution in [3.63, 3.8) is 0 Å². The van der Waals surface area contributed by atoms with Gasteiger partial charge >= 0.3 is 5.97 Å². The zero-order valence-corrected chi connectivity index (χ0v) is 12.5. The van der Waals surface area contributed by atoms with Crippen LogP contribution in [0.4, 0.5) is 0 Å². The molecule has 1 amide bonds. The van der Waals surface area contributed by atoms with Crippen molar-refractivity contribution in [2.45, 2.75) is 39.2 Å². The van der Waals surface area contributed by atoms with Crippen molar-refractivity contribution in [1.29, 1.82) is 0 Å². The van der Waals surface area contributed by atoms with E-state index in [1.165, 1.54) is 0 Å². The Labute approximate surface area is 120 Å². The number of carbonyl (C=O) groups excluding carboxylic acids is 2. The molecule has 1 N–H and O–H groups in total. The van der Waals surface area contributed by atoms with Crippen LogP contribution in [0.1, 0.15) is 33.1 Å². The van der Waals surface area contributed by atoms with Crippen molar-refractivity contribution in [1.82, 2.24) is 9.80 Å². The van der Waals surface area contributed by atoms with Gasteiger partial charge in [-0.25, -0.2) is 4.79 Å². The predicted molar refractivity (Wildman–Crippen MR) is 75.2 cm³/mol. The lowest BCUT2D eigenvalue weighted by Gasteiger charge is -2.35. The fourth-order valence-corrected chi connectivity index (χ4v) is 2.49. The molecule has 6 nitrogen and oxygen atoms in total. The number of ether oxygens (including phenoxy) is 1. The normalized spacial score (nSPS) is 19.2. The van der Waals surface area contributed by atoms with Gasteiger partial charge in [-0.15, -0.1) is 0 Å². The average Bonchev–Trinajstić information content (AvgIpc) is 2.46.